The lowest BCUT2D eigenvalue weighted by Gasteiger charge is -2.20. The molecule has 0 aliphatic rings. The van der Waals surface area contributed by atoms with Crippen LogP contribution in [0.25, 0.3) is 0 Å². The van der Waals surface area contributed by atoms with Crippen molar-refractivity contribution < 1.29 is 10.2 Å². The van der Waals surface area contributed by atoms with Crippen molar-refractivity contribution in [3.05, 3.63) is 53.6 Å². The number of hydrogen-bond donors (Lipinski definition) is 3. The van der Waals surface area contributed by atoms with E-state index in [2.05, 4.69) is 31.3 Å². The summed E-state index contributed by atoms with van der Waals surface area (Å²) in [6.45, 7) is 6.32. The molecule has 106 valence electrons. The minimum Gasteiger partial charge on any atom is -0.508 e. The first-order valence-electron chi connectivity index (χ1n) is 6.85. The highest BCUT2D eigenvalue weighted by atomic mass is 16.3. The van der Waals surface area contributed by atoms with Crippen LogP contribution in [0, 0.1) is 0 Å². The number of anilines is 1. The Morgan fingerprint density at radius 3 is 2.10 bits per heavy atom. The lowest BCUT2D eigenvalue weighted by Crippen LogP contribution is -2.08. The average molecular weight is 271 g/mol. The number of aromatic hydroxyl groups is 2. The first-order chi connectivity index (χ1) is 9.47. The van der Waals surface area contributed by atoms with Gasteiger partial charge in [-0.25, -0.2) is 0 Å². The van der Waals surface area contributed by atoms with Gasteiger partial charge in [-0.3, -0.25) is 0 Å². The molecule has 2 aromatic carbocycles. The molecule has 0 aromatic heterocycles. The SMILES string of the molecule is CC(C)c1ccccc1NC(C)c1cc(O)cc(O)c1. The first kappa shape index (κ1) is 14.3. The van der Waals surface area contributed by atoms with Gasteiger partial charge in [0.2, 0.25) is 0 Å². The van der Waals surface area contributed by atoms with Gasteiger partial charge >= 0.3 is 0 Å². The maximum atomic E-state index is 9.56. The van der Waals surface area contributed by atoms with Crippen molar-refractivity contribution in [1.82, 2.24) is 0 Å². The monoisotopic (exact) mass is 271 g/mol. The second-order valence-electron chi connectivity index (χ2n) is 5.39. The average Bonchev–Trinajstić information content (AvgIpc) is 2.37. The van der Waals surface area contributed by atoms with E-state index in [1.54, 1.807) is 12.1 Å². The molecule has 0 radical (unpaired) electrons. The number of hydrogen-bond acceptors (Lipinski definition) is 3. The van der Waals surface area contributed by atoms with Gasteiger partial charge in [0.15, 0.2) is 0 Å². The van der Waals surface area contributed by atoms with Crippen molar-refractivity contribution in [2.45, 2.75) is 32.7 Å². The van der Waals surface area contributed by atoms with Crippen LogP contribution < -0.4 is 5.32 Å². The molecule has 3 nitrogen and oxygen atoms in total. The number of nitrogens with one attached hydrogen (secondary N) is 1. The van der Waals surface area contributed by atoms with Crippen molar-refractivity contribution in [2.75, 3.05) is 5.32 Å². The van der Waals surface area contributed by atoms with Gasteiger partial charge < -0.3 is 15.5 Å². The van der Waals surface area contributed by atoms with Crippen LogP contribution in [0.2, 0.25) is 0 Å². The quantitative estimate of drug-likeness (QED) is 0.772. The minimum absolute atomic E-state index is 0.00657. The molecular weight excluding hydrogens is 250 g/mol. The number of benzene rings is 2. The van der Waals surface area contributed by atoms with Gasteiger partial charge in [0, 0.05) is 17.8 Å². The van der Waals surface area contributed by atoms with E-state index in [-0.39, 0.29) is 17.5 Å². The number of para-hydroxylation sites is 1. The lowest BCUT2D eigenvalue weighted by atomic mass is 10.00. The molecule has 0 heterocycles. The van der Waals surface area contributed by atoms with Crippen LogP contribution in [-0.2, 0) is 0 Å². The Hall–Kier alpha value is -2.16. The maximum absolute atomic E-state index is 9.56. The predicted molar refractivity (Wildman–Crippen MR) is 82.3 cm³/mol. The van der Waals surface area contributed by atoms with Crippen LogP contribution >= 0.6 is 0 Å². The second-order valence-corrected chi connectivity index (χ2v) is 5.39. The van der Waals surface area contributed by atoms with E-state index >= 15 is 0 Å². The fourth-order valence-electron chi connectivity index (χ4n) is 2.32. The highest BCUT2D eigenvalue weighted by Crippen LogP contribution is 2.30. The zero-order valence-corrected chi connectivity index (χ0v) is 12.1. The van der Waals surface area contributed by atoms with Crippen molar-refractivity contribution in [3.8, 4) is 11.5 Å². The van der Waals surface area contributed by atoms with Gasteiger partial charge in [0.1, 0.15) is 11.5 Å². The molecule has 0 spiro atoms. The molecular formula is C17H21NO2. The molecule has 0 aliphatic carbocycles. The predicted octanol–water partition coefficient (Wildman–Crippen LogP) is 4.39. The molecule has 1 atom stereocenters. The third-order valence-corrected chi connectivity index (χ3v) is 3.38. The van der Waals surface area contributed by atoms with Crippen LogP contribution in [0.3, 0.4) is 0 Å². The van der Waals surface area contributed by atoms with E-state index in [1.165, 1.54) is 11.6 Å². The molecule has 0 fully saturated rings. The summed E-state index contributed by atoms with van der Waals surface area (Å²) < 4.78 is 0. The van der Waals surface area contributed by atoms with Gasteiger partial charge in [-0.2, -0.15) is 0 Å². The zero-order chi connectivity index (χ0) is 14.7. The molecule has 0 saturated carbocycles. The van der Waals surface area contributed by atoms with Crippen molar-refractivity contribution >= 4 is 5.69 Å². The Balaban J connectivity index is 2.25. The third-order valence-electron chi connectivity index (χ3n) is 3.38. The molecule has 0 aliphatic heterocycles. The van der Waals surface area contributed by atoms with Gasteiger partial charge in [-0.05, 0) is 42.2 Å². The van der Waals surface area contributed by atoms with E-state index in [4.69, 9.17) is 0 Å². The van der Waals surface area contributed by atoms with E-state index < -0.39 is 0 Å². The molecule has 2 aromatic rings. The summed E-state index contributed by atoms with van der Waals surface area (Å²) in [6, 6.07) is 12.8. The van der Waals surface area contributed by atoms with Crippen molar-refractivity contribution in [2.24, 2.45) is 0 Å². The fraction of sp³-hybridized carbons (Fsp3) is 0.294. The van der Waals surface area contributed by atoms with Gasteiger partial charge in [-0.15, -0.1) is 0 Å². The first-order valence-corrected chi connectivity index (χ1v) is 6.85. The Morgan fingerprint density at radius 2 is 1.50 bits per heavy atom. The van der Waals surface area contributed by atoms with Crippen molar-refractivity contribution in [3.63, 3.8) is 0 Å². The lowest BCUT2D eigenvalue weighted by molar-refractivity contribution is 0.448. The summed E-state index contributed by atoms with van der Waals surface area (Å²) >= 11 is 0. The topological polar surface area (TPSA) is 52.5 Å². The summed E-state index contributed by atoms with van der Waals surface area (Å²) in [6.07, 6.45) is 0. The van der Waals surface area contributed by atoms with E-state index in [9.17, 15) is 10.2 Å². The zero-order valence-electron chi connectivity index (χ0n) is 12.1. The standard InChI is InChI=1S/C17H21NO2/c1-11(2)16-6-4-5-7-17(16)18-12(3)13-8-14(19)10-15(20)9-13/h4-12,18-20H,1-3H3. The van der Waals surface area contributed by atoms with Gasteiger partial charge in [-0.1, -0.05) is 32.0 Å². The maximum Gasteiger partial charge on any atom is 0.119 e. The smallest absolute Gasteiger partial charge is 0.119 e. The summed E-state index contributed by atoms with van der Waals surface area (Å²) in [5.41, 5.74) is 3.18. The number of phenols is 2. The molecule has 2 rings (SSSR count). The third kappa shape index (κ3) is 3.23. The molecule has 3 N–H and O–H groups in total. The van der Waals surface area contributed by atoms with E-state index in [0.717, 1.165) is 11.3 Å². The molecule has 0 saturated heterocycles. The second kappa shape index (κ2) is 5.87. The van der Waals surface area contributed by atoms with Crippen molar-refractivity contribution in [1.29, 1.82) is 0 Å². The van der Waals surface area contributed by atoms with Crippen LogP contribution in [0.15, 0.2) is 42.5 Å². The van der Waals surface area contributed by atoms with Crippen LogP contribution in [-0.4, -0.2) is 10.2 Å². The molecule has 20 heavy (non-hydrogen) atoms. The molecule has 0 amide bonds. The summed E-state index contributed by atoms with van der Waals surface area (Å²) in [5, 5.41) is 22.6. The highest BCUT2D eigenvalue weighted by molar-refractivity contribution is 5.54. The van der Waals surface area contributed by atoms with Crippen LogP contribution in [0.5, 0.6) is 11.5 Å². The van der Waals surface area contributed by atoms with Crippen LogP contribution in [0.1, 0.15) is 43.9 Å². The number of phenolic OH excluding ortho intramolecular Hbond substituents is 2. The van der Waals surface area contributed by atoms with Gasteiger partial charge in [0.25, 0.3) is 0 Å². The normalized spacial score (nSPS) is 12.4. The summed E-state index contributed by atoms with van der Waals surface area (Å²) in [4.78, 5) is 0. The Morgan fingerprint density at radius 1 is 0.900 bits per heavy atom. The number of rotatable bonds is 4. The Bertz CT molecular complexity index is 573. The molecule has 1 unspecified atom stereocenters. The summed E-state index contributed by atoms with van der Waals surface area (Å²) in [7, 11) is 0. The van der Waals surface area contributed by atoms with Crippen LogP contribution in [0.4, 0.5) is 5.69 Å². The Kier molecular flexibility index (Phi) is 4.18. The summed E-state index contributed by atoms with van der Waals surface area (Å²) in [5.74, 6) is 0.583. The Labute approximate surface area is 119 Å². The van der Waals surface area contributed by atoms with E-state index in [0.29, 0.717) is 5.92 Å². The minimum atomic E-state index is -0.00657. The molecule has 0 bridgehead atoms. The molecule has 3 heteroatoms. The highest BCUT2D eigenvalue weighted by Gasteiger charge is 2.11. The largest absolute Gasteiger partial charge is 0.508 e. The van der Waals surface area contributed by atoms with E-state index in [1.807, 2.05) is 19.1 Å². The van der Waals surface area contributed by atoms with Gasteiger partial charge in [0.05, 0.1) is 0 Å². The fourth-order valence-corrected chi connectivity index (χ4v) is 2.32.